The number of carbonyl (C=O) groups excluding carboxylic acids is 4. The third-order valence-electron chi connectivity index (χ3n) is 3.45. The minimum atomic E-state index is -1.85. The second kappa shape index (κ2) is 14.5. The van der Waals surface area contributed by atoms with Crippen LogP contribution in [0.15, 0.2) is 36.4 Å². The summed E-state index contributed by atoms with van der Waals surface area (Å²) in [7, 11) is 0. The van der Waals surface area contributed by atoms with Gasteiger partial charge in [0.25, 0.3) is 0 Å². The first kappa shape index (κ1) is 32.6. The minimum absolute atomic E-state index is 0. The molecule has 2 aromatic carbocycles. The number of rotatable bonds is 6. The van der Waals surface area contributed by atoms with Crippen molar-refractivity contribution in [3.63, 3.8) is 0 Å². The van der Waals surface area contributed by atoms with E-state index in [1.807, 2.05) is 0 Å². The molecule has 0 aliphatic rings. The fraction of sp³-hybridized carbons (Fsp3) is 0. The van der Waals surface area contributed by atoms with Gasteiger partial charge in [-0.05, 0) is 18.2 Å². The van der Waals surface area contributed by atoms with E-state index < -0.39 is 51.9 Å². The van der Waals surface area contributed by atoms with Crippen LogP contribution < -0.4 is 190 Å². The third kappa shape index (κ3) is 8.36. The number of carbonyl (C=O) groups is 5. The molecule has 29 heavy (non-hydrogen) atoms. The van der Waals surface area contributed by atoms with Crippen LogP contribution in [0, 0.1) is 0 Å². The Bertz CT molecular complexity index is 909. The second-order valence-corrected chi connectivity index (χ2v) is 5.02. The van der Waals surface area contributed by atoms with Crippen LogP contribution in [0.4, 0.5) is 0 Å². The number of hydrogen-bond acceptors (Lipinski definition) is 8. The zero-order chi connectivity index (χ0) is 19.6. The normalized spacial score (nSPS) is 9.10. The van der Waals surface area contributed by atoms with E-state index in [2.05, 4.69) is 0 Å². The van der Waals surface area contributed by atoms with Crippen molar-refractivity contribution in [2.24, 2.45) is 0 Å². The minimum Gasteiger partial charge on any atom is -0.545 e. The predicted molar refractivity (Wildman–Crippen MR) is 76.3 cm³/mol. The fourth-order valence-corrected chi connectivity index (χ4v) is 2.24. The van der Waals surface area contributed by atoms with Crippen molar-refractivity contribution in [3.8, 4) is 0 Å². The van der Waals surface area contributed by atoms with Gasteiger partial charge in [-0.3, -0.25) is 4.79 Å². The molecule has 9 nitrogen and oxygen atoms in total. The fourth-order valence-electron chi connectivity index (χ4n) is 2.24. The Labute approximate surface area is 310 Å². The van der Waals surface area contributed by atoms with Gasteiger partial charge in [-0.2, -0.15) is 0 Å². The van der Waals surface area contributed by atoms with Crippen LogP contribution in [0.5, 0.6) is 0 Å². The van der Waals surface area contributed by atoms with Crippen LogP contribution in [0.3, 0.4) is 0 Å². The molecular weight excluding hydrogens is 605 g/mol. The van der Waals surface area contributed by atoms with Crippen LogP contribution in [0.1, 0.15) is 57.4 Å². The number of ketones is 1. The zero-order valence-corrected chi connectivity index (χ0v) is 30.4. The van der Waals surface area contributed by atoms with E-state index in [1.54, 1.807) is 0 Å². The number of carboxylic acids is 4. The van der Waals surface area contributed by atoms with Crippen molar-refractivity contribution in [1.29, 1.82) is 0 Å². The number of hydrogen-bond donors (Lipinski definition) is 1. The van der Waals surface area contributed by atoms with Gasteiger partial charge in [-0.15, -0.1) is 0 Å². The Hall–Kier alpha value is 1.41. The molecule has 0 atom stereocenters. The molecular formula is C17H7O9Rb3. The van der Waals surface area contributed by atoms with Gasteiger partial charge in [0, 0.05) is 27.8 Å². The van der Waals surface area contributed by atoms with E-state index in [1.165, 1.54) is 0 Å². The van der Waals surface area contributed by atoms with E-state index in [0.717, 1.165) is 36.4 Å². The van der Waals surface area contributed by atoms with E-state index in [9.17, 15) is 39.3 Å². The van der Waals surface area contributed by atoms with Crippen molar-refractivity contribution < 1.29 is 219 Å². The Balaban J connectivity index is 0. The van der Waals surface area contributed by atoms with Crippen molar-refractivity contribution in [1.82, 2.24) is 0 Å². The molecule has 132 valence electrons. The molecule has 0 amide bonds. The molecule has 0 saturated heterocycles. The summed E-state index contributed by atoms with van der Waals surface area (Å²) in [5.41, 5.74) is -3.36. The maximum absolute atomic E-state index is 12.4. The molecule has 0 radical (unpaired) electrons. The van der Waals surface area contributed by atoms with Crippen molar-refractivity contribution in [2.75, 3.05) is 0 Å². The van der Waals surface area contributed by atoms with Crippen molar-refractivity contribution >= 4 is 29.7 Å². The van der Waals surface area contributed by atoms with E-state index >= 15 is 0 Å². The molecule has 0 aliphatic heterocycles. The summed E-state index contributed by atoms with van der Waals surface area (Å²) >= 11 is 0. The molecule has 2 aromatic rings. The Morgan fingerprint density at radius 1 is 0.586 bits per heavy atom. The van der Waals surface area contributed by atoms with Gasteiger partial charge >= 0.3 is 181 Å². The van der Waals surface area contributed by atoms with Gasteiger partial charge in [0.05, 0.1) is 23.5 Å². The number of aromatic carboxylic acids is 4. The third-order valence-corrected chi connectivity index (χ3v) is 3.45. The van der Waals surface area contributed by atoms with Gasteiger partial charge in [-0.1, -0.05) is 18.2 Å². The smallest absolute Gasteiger partial charge is 0.545 e. The van der Waals surface area contributed by atoms with E-state index in [-0.39, 0.29) is 186 Å². The van der Waals surface area contributed by atoms with Crippen LogP contribution >= 0.6 is 0 Å². The van der Waals surface area contributed by atoms with Crippen LogP contribution in [-0.4, -0.2) is 34.8 Å². The van der Waals surface area contributed by atoms with Crippen LogP contribution in [0.25, 0.3) is 0 Å². The Morgan fingerprint density at radius 2 is 0.931 bits per heavy atom. The van der Waals surface area contributed by atoms with Crippen LogP contribution in [-0.2, 0) is 0 Å². The summed E-state index contributed by atoms with van der Waals surface area (Å²) in [5, 5.41) is 41.9. The molecule has 0 aromatic heterocycles. The van der Waals surface area contributed by atoms with E-state index in [0.29, 0.717) is 0 Å². The molecule has 0 saturated carbocycles. The summed E-state index contributed by atoms with van der Waals surface area (Å²) in [4.78, 5) is 56.4. The SMILES string of the molecule is O=C(c1ccc(C(=O)[O-])c(C(=O)[O-])c1)c1ccc(C(=O)O)c(C(=O)[O-])c1.[Rb+].[Rb+].[Rb+]. The summed E-state index contributed by atoms with van der Waals surface area (Å²) in [6.45, 7) is 0. The van der Waals surface area contributed by atoms with Gasteiger partial charge < -0.3 is 34.8 Å². The maximum Gasteiger partial charge on any atom is 1.00 e. The number of carboxylic acid groups (broad SMARTS) is 4. The van der Waals surface area contributed by atoms with Crippen molar-refractivity contribution in [3.05, 3.63) is 69.8 Å². The molecule has 0 fully saturated rings. The summed E-state index contributed by atoms with van der Waals surface area (Å²) < 4.78 is 0. The molecule has 0 spiro atoms. The average molecular weight is 612 g/mol. The zero-order valence-electron chi connectivity index (χ0n) is 15.7. The first-order chi connectivity index (χ1) is 12.1. The largest absolute Gasteiger partial charge is 1.00 e. The topological polar surface area (TPSA) is 175 Å². The monoisotopic (exact) mass is 610 g/mol. The summed E-state index contributed by atoms with van der Waals surface area (Å²) in [6, 6.07) is 5.27. The Kier molecular flexibility index (Phi) is 16.3. The first-order valence-electron chi connectivity index (χ1n) is 6.83. The summed E-state index contributed by atoms with van der Waals surface area (Å²) in [6.07, 6.45) is 0. The Morgan fingerprint density at radius 3 is 1.28 bits per heavy atom. The molecule has 0 unspecified atom stereocenters. The average Bonchev–Trinajstić information content (AvgIpc) is 2.59. The molecule has 0 heterocycles. The predicted octanol–water partition coefficient (Wildman–Crippen LogP) is -11.3. The standard InChI is InChI=1S/C17H10O9.3Rb/c18-13(7-1-3-9(14(19)20)11(5-7)16(23)24)8-2-4-10(15(21)22)12(6-8)17(25)26;;;/h1-6H,(H,19,20)(H,21,22)(H,23,24)(H,25,26);;;/q;3*+1/p-3. The van der Waals surface area contributed by atoms with Crippen LogP contribution in [0.2, 0.25) is 0 Å². The maximum atomic E-state index is 12.4. The van der Waals surface area contributed by atoms with Gasteiger partial charge in [0.2, 0.25) is 0 Å². The molecule has 0 aliphatic carbocycles. The van der Waals surface area contributed by atoms with Gasteiger partial charge in [0.1, 0.15) is 0 Å². The molecule has 2 rings (SSSR count). The molecule has 12 heteroatoms. The quantitative estimate of drug-likeness (QED) is 0.311. The van der Waals surface area contributed by atoms with E-state index in [4.69, 9.17) is 5.11 Å². The van der Waals surface area contributed by atoms with Crippen molar-refractivity contribution in [2.45, 2.75) is 0 Å². The summed E-state index contributed by atoms with van der Waals surface area (Å²) in [5.74, 6) is -7.86. The van der Waals surface area contributed by atoms with Gasteiger partial charge in [0.15, 0.2) is 5.78 Å². The first-order valence-corrected chi connectivity index (χ1v) is 6.83. The van der Waals surface area contributed by atoms with Gasteiger partial charge in [-0.25, -0.2) is 4.79 Å². The molecule has 1 N–H and O–H groups in total. The second-order valence-electron chi connectivity index (χ2n) is 5.02. The molecule has 0 bridgehead atoms. The number of benzene rings is 2.